The lowest BCUT2D eigenvalue weighted by atomic mass is 10.1. The van der Waals surface area contributed by atoms with Crippen LogP contribution in [-0.2, 0) is 52.5 Å². The highest BCUT2D eigenvalue weighted by molar-refractivity contribution is 7.53. The fraction of sp³-hybridized carbons (Fsp3) is 0.308. The Bertz CT molecular complexity index is 1660. The Morgan fingerprint density at radius 2 is 1.06 bits per heavy atom. The molecule has 4 aromatic carbocycles. The van der Waals surface area contributed by atoms with Crippen molar-refractivity contribution in [2.24, 2.45) is 5.92 Å². The first-order valence-electron chi connectivity index (χ1n) is 16.9. The van der Waals surface area contributed by atoms with Gasteiger partial charge in [0.2, 0.25) is 5.91 Å². The summed E-state index contributed by atoms with van der Waals surface area (Å²) < 4.78 is 42.9. The van der Waals surface area contributed by atoms with Gasteiger partial charge in [0.15, 0.2) is 0 Å². The van der Waals surface area contributed by atoms with Crippen LogP contribution in [0.4, 0.5) is 4.79 Å². The molecule has 4 aromatic rings. The summed E-state index contributed by atoms with van der Waals surface area (Å²) in [6.45, 7) is 1.13. The van der Waals surface area contributed by atoms with Crippen LogP contribution >= 0.6 is 7.60 Å². The third-order valence-electron chi connectivity index (χ3n) is 8.16. The molecule has 0 saturated carbocycles. The van der Waals surface area contributed by atoms with Gasteiger partial charge >= 0.3 is 19.7 Å². The van der Waals surface area contributed by atoms with Crippen LogP contribution in [0.5, 0.6) is 5.75 Å². The van der Waals surface area contributed by atoms with Crippen molar-refractivity contribution in [1.29, 1.82) is 0 Å². The monoisotopic (exact) mass is 714 g/mol. The number of hydrogen-bond donors (Lipinski definition) is 0. The molecule has 0 bridgehead atoms. The van der Waals surface area contributed by atoms with Gasteiger partial charge in [-0.2, -0.15) is 0 Å². The molecule has 2 amide bonds. The minimum absolute atomic E-state index is 0.0105. The van der Waals surface area contributed by atoms with Gasteiger partial charge in [-0.25, -0.2) is 4.79 Å². The van der Waals surface area contributed by atoms with Crippen LogP contribution in [-0.4, -0.2) is 73.3 Å². The van der Waals surface area contributed by atoms with E-state index in [0.29, 0.717) is 5.75 Å². The lowest BCUT2D eigenvalue weighted by molar-refractivity contribution is -0.150. The molecular weight excluding hydrogens is 671 g/mol. The number of para-hydroxylation sites is 1. The standard InChI is InChI=1S/C39H43N2O9P/c42-37(48-28-32-13-5-1-6-14-32)27-35(31-51(45,49-29-33-15-7-2-8-16-33)50-30-34-17-9-3-10-18-34)38(43)40-21-23-41(24-22-40)39(44)47-26-25-46-36-19-11-4-12-20-36/h1-20,35H,21-31H2. The van der Waals surface area contributed by atoms with Gasteiger partial charge in [0.1, 0.15) is 25.6 Å². The Kier molecular flexibility index (Phi) is 14.2. The number of carbonyl (C=O) groups excluding carboxylic acids is 3. The van der Waals surface area contributed by atoms with E-state index in [1.165, 1.54) is 4.90 Å². The lowest BCUT2D eigenvalue weighted by Gasteiger charge is -2.36. The quantitative estimate of drug-likeness (QED) is 0.0667. The highest BCUT2D eigenvalue weighted by Gasteiger charge is 2.38. The molecule has 1 aliphatic heterocycles. The minimum Gasteiger partial charge on any atom is -0.490 e. The zero-order valence-corrected chi connectivity index (χ0v) is 29.3. The van der Waals surface area contributed by atoms with E-state index in [1.807, 2.05) is 121 Å². The summed E-state index contributed by atoms with van der Waals surface area (Å²) in [5, 5.41) is 0. The van der Waals surface area contributed by atoms with Gasteiger partial charge in [0, 0.05) is 26.2 Å². The van der Waals surface area contributed by atoms with E-state index in [2.05, 4.69) is 0 Å². The van der Waals surface area contributed by atoms with Crippen LogP contribution in [0.2, 0.25) is 0 Å². The van der Waals surface area contributed by atoms with Crippen LogP contribution in [0.1, 0.15) is 23.1 Å². The van der Waals surface area contributed by atoms with Crippen LogP contribution in [0.15, 0.2) is 121 Å². The Morgan fingerprint density at radius 3 is 1.59 bits per heavy atom. The molecule has 5 rings (SSSR count). The van der Waals surface area contributed by atoms with E-state index >= 15 is 0 Å². The second-order valence-electron chi connectivity index (χ2n) is 11.9. The molecule has 0 aromatic heterocycles. The lowest BCUT2D eigenvalue weighted by Crippen LogP contribution is -2.52. The van der Waals surface area contributed by atoms with Gasteiger partial charge < -0.3 is 33.1 Å². The minimum atomic E-state index is -3.96. The highest BCUT2D eigenvalue weighted by Crippen LogP contribution is 2.52. The van der Waals surface area contributed by atoms with Crippen molar-refractivity contribution < 1.29 is 42.2 Å². The summed E-state index contributed by atoms with van der Waals surface area (Å²) in [5.41, 5.74) is 2.35. The van der Waals surface area contributed by atoms with E-state index in [1.54, 1.807) is 4.90 Å². The molecule has 0 aliphatic carbocycles. The first-order chi connectivity index (χ1) is 24.9. The van der Waals surface area contributed by atoms with E-state index < -0.39 is 31.5 Å². The van der Waals surface area contributed by atoms with E-state index in [0.717, 1.165) is 16.7 Å². The Labute approximate surface area is 298 Å². The van der Waals surface area contributed by atoms with Crippen molar-refractivity contribution >= 4 is 25.6 Å². The Balaban J connectivity index is 1.23. The van der Waals surface area contributed by atoms with Gasteiger partial charge in [-0.3, -0.25) is 14.2 Å². The van der Waals surface area contributed by atoms with Crippen LogP contribution < -0.4 is 4.74 Å². The summed E-state index contributed by atoms with van der Waals surface area (Å²) in [6.07, 6.45) is -1.17. The van der Waals surface area contributed by atoms with Crippen LogP contribution in [0, 0.1) is 5.92 Å². The number of esters is 1. The molecule has 1 fully saturated rings. The number of nitrogens with zero attached hydrogens (tertiary/aromatic N) is 2. The average Bonchev–Trinajstić information content (AvgIpc) is 3.18. The molecule has 0 spiro atoms. The smallest absolute Gasteiger partial charge is 0.410 e. The highest BCUT2D eigenvalue weighted by atomic mass is 31.2. The molecule has 1 unspecified atom stereocenters. The maximum absolute atomic E-state index is 14.4. The number of rotatable bonds is 17. The normalized spacial score (nSPS) is 13.6. The van der Waals surface area contributed by atoms with E-state index in [4.69, 9.17) is 23.3 Å². The molecule has 1 atom stereocenters. The van der Waals surface area contributed by atoms with Gasteiger partial charge in [0.05, 0.1) is 31.7 Å². The molecular formula is C39H43N2O9P. The second kappa shape index (κ2) is 19.4. The number of carbonyl (C=O) groups is 3. The zero-order chi connectivity index (χ0) is 35.7. The number of amides is 2. The first-order valence-corrected chi connectivity index (χ1v) is 18.6. The first kappa shape index (κ1) is 37.3. The largest absolute Gasteiger partial charge is 0.490 e. The maximum atomic E-state index is 14.4. The summed E-state index contributed by atoms with van der Waals surface area (Å²) >= 11 is 0. The maximum Gasteiger partial charge on any atom is 0.410 e. The van der Waals surface area contributed by atoms with Crippen molar-refractivity contribution in [3.8, 4) is 5.75 Å². The molecule has 1 aliphatic rings. The predicted molar refractivity (Wildman–Crippen MR) is 191 cm³/mol. The zero-order valence-electron chi connectivity index (χ0n) is 28.4. The van der Waals surface area contributed by atoms with E-state index in [-0.39, 0.29) is 71.8 Å². The number of benzene rings is 4. The molecule has 1 heterocycles. The van der Waals surface area contributed by atoms with Crippen LogP contribution in [0.25, 0.3) is 0 Å². The van der Waals surface area contributed by atoms with Crippen molar-refractivity contribution in [2.75, 3.05) is 45.6 Å². The predicted octanol–water partition coefficient (Wildman–Crippen LogP) is 6.72. The number of hydrogen-bond acceptors (Lipinski definition) is 9. The summed E-state index contributed by atoms with van der Waals surface area (Å²) in [7, 11) is -3.96. The van der Waals surface area contributed by atoms with Gasteiger partial charge in [-0.15, -0.1) is 0 Å². The molecule has 51 heavy (non-hydrogen) atoms. The Morgan fingerprint density at radius 1 is 0.588 bits per heavy atom. The topological polar surface area (TPSA) is 121 Å². The molecule has 1 saturated heterocycles. The molecule has 268 valence electrons. The van der Waals surface area contributed by atoms with Crippen molar-refractivity contribution in [3.63, 3.8) is 0 Å². The van der Waals surface area contributed by atoms with E-state index in [9.17, 15) is 18.9 Å². The average molecular weight is 715 g/mol. The summed E-state index contributed by atoms with van der Waals surface area (Å²) in [6, 6.07) is 36.9. The Hall–Kier alpha value is -4.96. The molecule has 0 N–H and O–H groups in total. The second-order valence-corrected chi connectivity index (χ2v) is 14.1. The molecule has 0 radical (unpaired) electrons. The third-order valence-corrected chi connectivity index (χ3v) is 10.1. The van der Waals surface area contributed by atoms with Crippen LogP contribution in [0.3, 0.4) is 0 Å². The fourth-order valence-corrected chi connectivity index (χ4v) is 7.20. The number of ether oxygens (including phenoxy) is 3. The summed E-state index contributed by atoms with van der Waals surface area (Å²) in [4.78, 5) is 43.1. The van der Waals surface area contributed by atoms with Crippen molar-refractivity contribution in [3.05, 3.63) is 138 Å². The SMILES string of the molecule is O=C(CC(CP(=O)(OCc1ccccc1)OCc1ccccc1)C(=O)N1CCN(C(=O)OCCOc2ccccc2)CC1)OCc1ccccc1. The third kappa shape index (κ3) is 12.4. The van der Waals surface area contributed by atoms with Gasteiger partial charge in [-0.05, 0) is 28.8 Å². The van der Waals surface area contributed by atoms with Gasteiger partial charge in [-0.1, -0.05) is 109 Å². The van der Waals surface area contributed by atoms with Gasteiger partial charge in [0.25, 0.3) is 0 Å². The summed E-state index contributed by atoms with van der Waals surface area (Å²) in [5.74, 6) is -1.41. The van der Waals surface area contributed by atoms with Crippen molar-refractivity contribution in [1.82, 2.24) is 9.80 Å². The van der Waals surface area contributed by atoms with Crippen molar-refractivity contribution in [2.45, 2.75) is 26.2 Å². The molecule has 11 nitrogen and oxygen atoms in total. The number of piperazine rings is 1. The fourth-order valence-electron chi connectivity index (χ4n) is 5.40. The molecule has 12 heteroatoms.